The van der Waals surface area contributed by atoms with Crippen LogP contribution in [0.5, 0.6) is 0 Å². The van der Waals surface area contributed by atoms with Crippen LogP contribution in [0.3, 0.4) is 0 Å². The molecule has 3 heteroatoms. The summed E-state index contributed by atoms with van der Waals surface area (Å²) in [6.45, 7) is 2.66. The van der Waals surface area contributed by atoms with Crippen molar-refractivity contribution in [1.82, 2.24) is 4.98 Å². The molecule has 1 saturated heterocycles. The highest BCUT2D eigenvalue weighted by Crippen LogP contribution is 2.31. The average molecular weight is 289 g/mol. The Morgan fingerprint density at radius 2 is 1.82 bits per heavy atom. The molecule has 0 atom stereocenters. The summed E-state index contributed by atoms with van der Waals surface area (Å²) in [5.74, 6) is 1.69. The molecular formula is C19H19N3. The molecule has 1 fully saturated rings. The summed E-state index contributed by atoms with van der Waals surface area (Å²) in [5, 5.41) is 1.16. The van der Waals surface area contributed by atoms with Crippen LogP contribution in [0.15, 0.2) is 60.7 Å². The summed E-state index contributed by atoms with van der Waals surface area (Å²) in [5.41, 5.74) is 9.30. The Morgan fingerprint density at radius 1 is 1.00 bits per heavy atom. The molecule has 2 aromatic carbocycles. The topological polar surface area (TPSA) is 42.1 Å². The van der Waals surface area contributed by atoms with Crippen LogP contribution in [0.25, 0.3) is 10.9 Å². The molecule has 0 radical (unpaired) electrons. The van der Waals surface area contributed by atoms with Gasteiger partial charge in [-0.25, -0.2) is 4.98 Å². The van der Waals surface area contributed by atoms with Crippen LogP contribution in [-0.4, -0.2) is 18.1 Å². The highest BCUT2D eigenvalue weighted by Gasteiger charge is 2.28. The SMILES string of the molecule is NCc1ccc2nc(N3CC(c4ccccc4)C3)ccc2c1. The monoisotopic (exact) mass is 289 g/mol. The zero-order valence-corrected chi connectivity index (χ0v) is 12.4. The number of benzene rings is 2. The van der Waals surface area contributed by atoms with Crippen LogP contribution in [0.2, 0.25) is 0 Å². The molecule has 1 aromatic heterocycles. The first-order valence-electron chi connectivity index (χ1n) is 7.73. The molecule has 1 aliphatic heterocycles. The lowest BCUT2D eigenvalue weighted by atomic mass is 9.91. The third kappa shape index (κ3) is 2.34. The standard InChI is InChI=1S/C19H19N3/c20-11-14-6-8-18-16(10-14)7-9-19(21-18)22-12-17(13-22)15-4-2-1-3-5-15/h1-10,17H,11-13,20H2. The minimum Gasteiger partial charge on any atom is -0.355 e. The molecule has 4 rings (SSSR count). The van der Waals surface area contributed by atoms with E-state index in [9.17, 15) is 0 Å². The molecule has 2 heterocycles. The van der Waals surface area contributed by atoms with E-state index >= 15 is 0 Å². The molecule has 0 unspecified atom stereocenters. The first kappa shape index (κ1) is 13.3. The molecule has 3 nitrogen and oxygen atoms in total. The van der Waals surface area contributed by atoms with Crippen molar-refractivity contribution in [2.24, 2.45) is 5.73 Å². The van der Waals surface area contributed by atoms with E-state index in [1.54, 1.807) is 0 Å². The summed E-state index contributed by atoms with van der Waals surface area (Å²) >= 11 is 0. The van der Waals surface area contributed by atoms with E-state index in [2.05, 4.69) is 65.6 Å². The number of nitrogens with zero attached hydrogens (tertiary/aromatic N) is 2. The van der Waals surface area contributed by atoms with E-state index in [1.807, 2.05) is 0 Å². The molecule has 3 aromatic rings. The smallest absolute Gasteiger partial charge is 0.129 e. The third-order valence-electron chi connectivity index (χ3n) is 4.45. The van der Waals surface area contributed by atoms with Gasteiger partial charge in [-0.05, 0) is 35.4 Å². The van der Waals surface area contributed by atoms with Gasteiger partial charge in [0.15, 0.2) is 0 Å². The van der Waals surface area contributed by atoms with Gasteiger partial charge in [0, 0.05) is 30.9 Å². The van der Waals surface area contributed by atoms with Gasteiger partial charge in [-0.15, -0.1) is 0 Å². The van der Waals surface area contributed by atoms with Crippen LogP contribution < -0.4 is 10.6 Å². The lowest BCUT2D eigenvalue weighted by molar-refractivity contribution is 0.520. The van der Waals surface area contributed by atoms with Crippen molar-refractivity contribution in [1.29, 1.82) is 0 Å². The second-order valence-corrected chi connectivity index (χ2v) is 5.91. The van der Waals surface area contributed by atoms with Gasteiger partial charge in [0.2, 0.25) is 0 Å². The van der Waals surface area contributed by atoms with Crippen LogP contribution in [-0.2, 0) is 6.54 Å². The average Bonchev–Trinajstić information content (AvgIpc) is 2.54. The molecule has 0 aliphatic carbocycles. The van der Waals surface area contributed by atoms with Gasteiger partial charge >= 0.3 is 0 Å². The van der Waals surface area contributed by atoms with Crippen LogP contribution in [0.1, 0.15) is 17.0 Å². The van der Waals surface area contributed by atoms with Crippen molar-refractivity contribution in [3.8, 4) is 0 Å². The Balaban J connectivity index is 1.53. The first-order chi connectivity index (χ1) is 10.8. The fraction of sp³-hybridized carbons (Fsp3) is 0.211. The predicted octanol–water partition coefficient (Wildman–Crippen LogP) is 3.30. The second-order valence-electron chi connectivity index (χ2n) is 5.91. The molecule has 0 amide bonds. The summed E-state index contributed by atoms with van der Waals surface area (Å²) in [6, 6.07) is 21.2. The van der Waals surface area contributed by atoms with E-state index in [0.29, 0.717) is 12.5 Å². The number of pyridine rings is 1. The Labute approximate surface area is 130 Å². The molecule has 22 heavy (non-hydrogen) atoms. The minimum absolute atomic E-state index is 0.572. The second kappa shape index (κ2) is 5.43. The fourth-order valence-corrected chi connectivity index (χ4v) is 3.07. The Kier molecular flexibility index (Phi) is 3.28. The number of hydrogen-bond acceptors (Lipinski definition) is 3. The summed E-state index contributed by atoms with van der Waals surface area (Å²) in [4.78, 5) is 7.13. The van der Waals surface area contributed by atoms with E-state index in [0.717, 1.165) is 35.4 Å². The van der Waals surface area contributed by atoms with Gasteiger partial charge < -0.3 is 10.6 Å². The van der Waals surface area contributed by atoms with E-state index in [4.69, 9.17) is 10.7 Å². The van der Waals surface area contributed by atoms with E-state index in [1.165, 1.54) is 5.56 Å². The Bertz CT molecular complexity index is 792. The van der Waals surface area contributed by atoms with E-state index in [-0.39, 0.29) is 0 Å². The highest BCUT2D eigenvalue weighted by atomic mass is 15.2. The Morgan fingerprint density at radius 3 is 2.59 bits per heavy atom. The van der Waals surface area contributed by atoms with Crippen molar-refractivity contribution in [2.45, 2.75) is 12.5 Å². The van der Waals surface area contributed by atoms with Crippen molar-refractivity contribution in [3.05, 3.63) is 71.8 Å². The van der Waals surface area contributed by atoms with Crippen LogP contribution in [0.4, 0.5) is 5.82 Å². The molecule has 1 aliphatic rings. The number of hydrogen-bond donors (Lipinski definition) is 1. The first-order valence-corrected chi connectivity index (χ1v) is 7.73. The number of nitrogens with two attached hydrogens (primary N) is 1. The van der Waals surface area contributed by atoms with Crippen LogP contribution in [0, 0.1) is 0 Å². The zero-order chi connectivity index (χ0) is 14.9. The lowest BCUT2D eigenvalue weighted by Crippen LogP contribution is -2.45. The summed E-state index contributed by atoms with van der Waals surface area (Å²) in [6.07, 6.45) is 0. The van der Waals surface area contributed by atoms with Gasteiger partial charge in [0.05, 0.1) is 5.52 Å². The van der Waals surface area contributed by atoms with Gasteiger partial charge in [0.1, 0.15) is 5.82 Å². The molecule has 0 saturated carbocycles. The maximum atomic E-state index is 5.69. The quantitative estimate of drug-likeness (QED) is 0.804. The normalized spacial score (nSPS) is 15.0. The maximum Gasteiger partial charge on any atom is 0.129 e. The number of anilines is 1. The van der Waals surface area contributed by atoms with Gasteiger partial charge in [-0.3, -0.25) is 0 Å². The maximum absolute atomic E-state index is 5.69. The number of rotatable bonds is 3. The molecule has 0 spiro atoms. The highest BCUT2D eigenvalue weighted by molar-refractivity contribution is 5.81. The van der Waals surface area contributed by atoms with Crippen molar-refractivity contribution >= 4 is 16.7 Å². The van der Waals surface area contributed by atoms with E-state index < -0.39 is 0 Å². The molecule has 110 valence electrons. The number of fused-ring (bicyclic) bond motifs is 1. The van der Waals surface area contributed by atoms with Crippen molar-refractivity contribution in [2.75, 3.05) is 18.0 Å². The number of aromatic nitrogens is 1. The van der Waals surface area contributed by atoms with Crippen LogP contribution >= 0.6 is 0 Å². The minimum atomic E-state index is 0.572. The van der Waals surface area contributed by atoms with Crippen molar-refractivity contribution in [3.63, 3.8) is 0 Å². The fourth-order valence-electron chi connectivity index (χ4n) is 3.07. The lowest BCUT2D eigenvalue weighted by Gasteiger charge is -2.40. The Hall–Kier alpha value is -2.39. The van der Waals surface area contributed by atoms with Gasteiger partial charge in [0.25, 0.3) is 0 Å². The molecule has 2 N–H and O–H groups in total. The molecule has 0 bridgehead atoms. The predicted molar refractivity (Wildman–Crippen MR) is 91.0 cm³/mol. The van der Waals surface area contributed by atoms with Crippen molar-refractivity contribution < 1.29 is 0 Å². The third-order valence-corrected chi connectivity index (χ3v) is 4.45. The summed E-state index contributed by atoms with van der Waals surface area (Å²) < 4.78 is 0. The molecular weight excluding hydrogens is 270 g/mol. The van der Waals surface area contributed by atoms with Gasteiger partial charge in [-0.2, -0.15) is 0 Å². The zero-order valence-electron chi connectivity index (χ0n) is 12.4. The summed E-state index contributed by atoms with van der Waals surface area (Å²) in [7, 11) is 0. The van der Waals surface area contributed by atoms with Gasteiger partial charge in [-0.1, -0.05) is 36.4 Å². The largest absolute Gasteiger partial charge is 0.355 e.